The average Bonchev–Trinajstić information content (AvgIpc) is 3.11. The predicted molar refractivity (Wildman–Crippen MR) is 120 cm³/mol. The molecule has 1 N–H and O–H groups in total. The molecular weight excluding hydrogens is 448 g/mol. The Labute approximate surface area is 190 Å². The monoisotopic (exact) mass is 472 g/mol. The fourth-order valence-corrected chi connectivity index (χ4v) is 5.17. The van der Waals surface area contributed by atoms with Crippen LogP contribution in [0.4, 0.5) is 0 Å². The number of hydrogen-bond acceptors (Lipinski definition) is 6. The van der Waals surface area contributed by atoms with Crippen LogP contribution in [0.1, 0.15) is 5.56 Å². The summed E-state index contributed by atoms with van der Waals surface area (Å²) in [4.78, 5) is 37.7. The van der Waals surface area contributed by atoms with Crippen LogP contribution in [0.25, 0.3) is 11.1 Å². The summed E-state index contributed by atoms with van der Waals surface area (Å²) in [5.74, 6) is -1.08. The molecule has 0 spiro atoms. The first kappa shape index (κ1) is 22.7. The number of hydrogen-bond donors (Lipinski definition) is 1. The van der Waals surface area contributed by atoms with Crippen molar-refractivity contribution >= 4 is 32.9 Å². The van der Waals surface area contributed by atoms with Gasteiger partial charge in [0, 0.05) is 39.3 Å². The molecule has 174 valence electrons. The van der Waals surface area contributed by atoms with Gasteiger partial charge >= 0.3 is 5.76 Å². The van der Waals surface area contributed by atoms with Gasteiger partial charge in [-0.2, -0.15) is 4.31 Å². The lowest BCUT2D eigenvalue weighted by Crippen LogP contribution is -2.52. The number of aryl methyl sites for hydroxylation is 1. The number of oxazole rings is 1. The molecule has 2 heterocycles. The zero-order chi connectivity index (χ0) is 23.6. The lowest BCUT2D eigenvalue weighted by Gasteiger charge is -2.34. The first-order valence-electron chi connectivity index (χ1n) is 10.4. The predicted octanol–water partition coefficient (Wildman–Crippen LogP) is 0.323. The normalized spacial score (nSPS) is 15.0. The van der Waals surface area contributed by atoms with E-state index in [1.54, 1.807) is 7.05 Å². The second-order valence-electron chi connectivity index (χ2n) is 7.78. The summed E-state index contributed by atoms with van der Waals surface area (Å²) in [5, 5.41) is 2.62. The van der Waals surface area contributed by atoms with Crippen molar-refractivity contribution in [3.05, 3.63) is 64.6 Å². The molecule has 1 saturated heterocycles. The van der Waals surface area contributed by atoms with Gasteiger partial charge in [0.2, 0.25) is 21.8 Å². The number of rotatable bonds is 6. The number of amides is 2. The van der Waals surface area contributed by atoms with Gasteiger partial charge < -0.3 is 14.6 Å². The Morgan fingerprint density at radius 1 is 1.03 bits per heavy atom. The molecule has 10 nitrogen and oxygen atoms in total. The quantitative estimate of drug-likeness (QED) is 0.552. The molecule has 2 amide bonds. The highest BCUT2D eigenvalue weighted by Gasteiger charge is 2.30. The van der Waals surface area contributed by atoms with Crippen LogP contribution in [0.15, 0.2) is 62.6 Å². The summed E-state index contributed by atoms with van der Waals surface area (Å²) in [5.41, 5.74) is 1.56. The SMILES string of the molecule is Cn1c(=O)oc2cc(S(=O)(=O)N3CCN(C(=O)CNC(=O)Cc4ccccc4)CC3)ccc21. The Balaban J connectivity index is 1.32. The van der Waals surface area contributed by atoms with Crippen LogP contribution in [0, 0.1) is 0 Å². The van der Waals surface area contributed by atoms with E-state index in [0.717, 1.165) is 5.56 Å². The summed E-state index contributed by atoms with van der Waals surface area (Å²) in [6.07, 6.45) is 0.187. The molecule has 4 rings (SSSR count). The van der Waals surface area contributed by atoms with Crippen molar-refractivity contribution in [2.24, 2.45) is 7.05 Å². The van der Waals surface area contributed by atoms with E-state index < -0.39 is 15.8 Å². The molecule has 2 aromatic carbocycles. The number of fused-ring (bicyclic) bond motifs is 1. The Morgan fingerprint density at radius 3 is 2.42 bits per heavy atom. The van der Waals surface area contributed by atoms with Crippen molar-refractivity contribution in [1.29, 1.82) is 0 Å². The minimum Gasteiger partial charge on any atom is -0.408 e. The lowest BCUT2D eigenvalue weighted by molar-refractivity contribution is -0.133. The Hall–Kier alpha value is -3.44. The fraction of sp³-hybridized carbons (Fsp3) is 0.318. The van der Waals surface area contributed by atoms with Crippen LogP contribution in [-0.2, 0) is 33.1 Å². The highest BCUT2D eigenvalue weighted by molar-refractivity contribution is 7.89. The van der Waals surface area contributed by atoms with E-state index in [0.29, 0.717) is 5.52 Å². The van der Waals surface area contributed by atoms with Crippen LogP contribution >= 0.6 is 0 Å². The van der Waals surface area contributed by atoms with E-state index in [1.165, 1.54) is 32.0 Å². The van der Waals surface area contributed by atoms with Crippen molar-refractivity contribution < 1.29 is 22.4 Å². The van der Waals surface area contributed by atoms with Gasteiger partial charge in [0.1, 0.15) is 0 Å². The second kappa shape index (κ2) is 9.20. The number of piperazine rings is 1. The maximum Gasteiger partial charge on any atom is 0.419 e. The third-order valence-electron chi connectivity index (χ3n) is 5.64. The summed E-state index contributed by atoms with van der Waals surface area (Å²) in [7, 11) is -2.27. The summed E-state index contributed by atoms with van der Waals surface area (Å²) in [6.45, 7) is 0.554. The molecule has 0 bridgehead atoms. The molecule has 0 atom stereocenters. The van der Waals surface area contributed by atoms with Gasteiger partial charge in [-0.15, -0.1) is 0 Å². The largest absolute Gasteiger partial charge is 0.419 e. The molecule has 33 heavy (non-hydrogen) atoms. The number of nitrogens with one attached hydrogen (secondary N) is 1. The van der Waals surface area contributed by atoms with Gasteiger partial charge in [0.05, 0.1) is 23.4 Å². The van der Waals surface area contributed by atoms with Crippen LogP contribution in [0.3, 0.4) is 0 Å². The highest BCUT2D eigenvalue weighted by atomic mass is 32.2. The minimum absolute atomic E-state index is 0.0253. The first-order chi connectivity index (χ1) is 15.8. The topological polar surface area (TPSA) is 122 Å². The second-order valence-corrected chi connectivity index (χ2v) is 9.72. The molecule has 0 unspecified atom stereocenters. The Kier molecular flexibility index (Phi) is 6.34. The molecule has 1 aliphatic rings. The minimum atomic E-state index is -3.81. The molecule has 1 aromatic heterocycles. The van der Waals surface area contributed by atoms with Crippen LogP contribution in [0.2, 0.25) is 0 Å². The van der Waals surface area contributed by atoms with Gasteiger partial charge in [-0.25, -0.2) is 13.2 Å². The van der Waals surface area contributed by atoms with E-state index in [4.69, 9.17) is 4.42 Å². The number of aromatic nitrogens is 1. The molecular formula is C22H24N4O6S. The van der Waals surface area contributed by atoms with E-state index >= 15 is 0 Å². The maximum absolute atomic E-state index is 13.0. The molecule has 0 radical (unpaired) electrons. The van der Waals surface area contributed by atoms with Gasteiger partial charge in [0.25, 0.3) is 0 Å². The summed E-state index contributed by atoms with van der Waals surface area (Å²) < 4.78 is 33.7. The molecule has 3 aromatic rings. The fourth-order valence-electron chi connectivity index (χ4n) is 3.73. The van der Waals surface area contributed by atoms with E-state index in [9.17, 15) is 22.8 Å². The highest BCUT2D eigenvalue weighted by Crippen LogP contribution is 2.22. The van der Waals surface area contributed by atoms with Gasteiger partial charge in [-0.3, -0.25) is 14.2 Å². The van der Waals surface area contributed by atoms with Crippen LogP contribution in [-0.4, -0.2) is 66.7 Å². The van der Waals surface area contributed by atoms with Gasteiger partial charge in [0.15, 0.2) is 5.58 Å². The Bertz CT molecular complexity index is 1340. The molecule has 1 fully saturated rings. The Morgan fingerprint density at radius 2 is 1.73 bits per heavy atom. The number of carbonyl (C=O) groups is 2. The lowest BCUT2D eigenvalue weighted by atomic mass is 10.1. The van der Waals surface area contributed by atoms with Gasteiger partial charge in [-0.1, -0.05) is 30.3 Å². The third kappa shape index (κ3) is 4.83. The van der Waals surface area contributed by atoms with Crippen molar-refractivity contribution in [3.8, 4) is 0 Å². The number of carbonyl (C=O) groups excluding carboxylic acids is 2. The molecule has 0 aliphatic carbocycles. The van der Waals surface area contributed by atoms with Gasteiger partial charge in [-0.05, 0) is 17.7 Å². The number of nitrogens with zero attached hydrogens (tertiary/aromatic N) is 3. The first-order valence-corrected chi connectivity index (χ1v) is 11.9. The van der Waals surface area contributed by atoms with Crippen LogP contribution in [0.5, 0.6) is 0 Å². The van der Waals surface area contributed by atoms with Crippen molar-refractivity contribution in [2.45, 2.75) is 11.3 Å². The van der Waals surface area contributed by atoms with E-state index in [1.807, 2.05) is 30.3 Å². The molecule has 0 saturated carbocycles. The number of sulfonamides is 1. The van der Waals surface area contributed by atoms with E-state index in [2.05, 4.69) is 5.32 Å². The van der Waals surface area contributed by atoms with Crippen molar-refractivity contribution in [1.82, 2.24) is 19.1 Å². The van der Waals surface area contributed by atoms with Crippen molar-refractivity contribution in [2.75, 3.05) is 32.7 Å². The summed E-state index contributed by atoms with van der Waals surface area (Å²) in [6, 6.07) is 13.5. The smallest absolute Gasteiger partial charge is 0.408 e. The standard InChI is InChI=1S/C22H24N4O6S/c1-24-18-8-7-17(14-19(18)32-22(24)29)33(30,31)26-11-9-25(10-12-26)21(28)15-23-20(27)13-16-5-3-2-4-6-16/h2-8,14H,9-13,15H2,1H3,(H,23,27). The average molecular weight is 473 g/mol. The zero-order valence-corrected chi connectivity index (χ0v) is 18.9. The number of benzene rings is 2. The third-order valence-corrected chi connectivity index (χ3v) is 7.53. The van der Waals surface area contributed by atoms with Crippen molar-refractivity contribution in [3.63, 3.8) is 0 Å². The zero-order valence-electron chi connectivity index (χ0n) is 18.1. The molecule has 1 aliphatic heterocycles. The maximum atomic E-state index is 13.0. The van der Waals surface area contributed by atoms with Crippen LogP contribution < -0.4 is 11.1 Å². The summed E-state index contributed by atoms with van der Waals surface area (Å²) >= 11 is 0. The van der Waals surface area contributed by atoms with E-state index in [-0.39, 0.29) is 61.4 Å². The molecule has 11 heteroatoms.